The third kappa shape index (κ3) is 4.26. The monoisotopic (exact) mass is 424 g/mol. The highest BCUT2D eigenvalue weighted by atomic mass is 16.6. The van der Waals surface area contributed by atoms with E-state index < -0.39 is 5.60 Å². The van der Waals surface area contributed by atoms with Gasteiger partial charge >= 0.3 is 6.09 Å². The molecule has 0 bridgehead atoms. The zero-order valence-electron chi connectivity index (χ0n) is 18.6. The summed E-state index contributed by atoms with van der Waals surface area (Å²) in [5, 5.41) is 8.65. The summed E-state index contributed by atoms with van der Waals surface area (Å²) >= 11 is 0. The van der Waals surface area contributed by atoms with Crippen LogP contribution in [-0.2, 0) is 11.8 Å². The maximum Gasteiger partial charge on any atom is 0.410 e. The van der Waals surface area contributed by atoms with Gasteiger partial charge in [0.1, 0.15) is 17.2 Å². The van der Waals surface area contributed by atoms with Gasteiger partial charge in [-0.1, -0.05) is 12.7 Å². The summed E-state index contributed by atoms with van der Waals surface area (Å²) in [6, 6.07) is 0.0705. The quantitative estimate of drug-likeness (QED) is 0.623. The van der Waals surface area contributed by atoms with Crippen LogP contribution < -0.4 is 4.74 Å². The zero-order valence-corrected chi connectivity index (χ0v) is 18.6. The van der Waals surface area contributed by atoms with Crippen LogP contribution in [-0.4, -0.2) is 60.2 Å². The fourth-order valence-corrected chi connectivity index (χ4v) is 3.52. The van der Waals surface area contributed by atoms with Gasteiger partial charge in [-0.3, -0.25) is 4.68 Å². The number of nitrogens with zero attached hydrogens (tertiary/aromatic N) is 6. The van der Waals surface area contributed by atoms with Gasteiger partial charge in [-0.25, -0.2) is 14.3 Å². The van der Waals surface area contributed by atoms with Gasteiger partial charge in [0.15, 0.2) is 0 Å². The fourth-order valence-electron chi connectivity index (χ4n) is 3.52. The van der Waals surface area contributed by atoms with Crippen molar-refractivity contribution >= 4 is 17.7 Å². The van der Waals surface area contributed by atoms with E-state index in [1.54, 1.807) is 39.6 Å². The van der Waals surface area contributed by atoms with Crippen LogP contribution in [0.25, 0.3) is 22.9 Å². The lowest BCUT2D eigenvalue weighted by molar-refractivity contribution is -0.00936. The van der Waals surface area contributed by atoms with Crippen LogP contribution in [0.15, 0.2) is 31.4 Å². The molecule has 0 saturated heterocycles. The first-order chi connectivity index (χ1) is 14.6. The van der Waals surface area contributed by atoms with Crippen molar-refractivity contribution in [2.24, 2.45) is 7.05 Å². The molecule has 0 spiro atoms. The Morgan fingerprint density at radius 3 is 2.61 bits per heavy atom. The molecule has 3 heterocycles. The second-order valence-corrected chi connectivity index (χ2v) is 8.89. The maximum absolute atomic E-state index is 12.3. The summed E-state index contributed by atoms with van der Waals surface area (Å²) in [5.74, 6) is 0.497. The van der Waals surface area contributed by atoms with E-state index in [0.29, 0.717) is 18.7 Å². The highest BCUT2D eigenvalue weighted by Gasteiger charge is 2.38. The Morgan fingerprint density at radius 2 is 2.00 bits per heavy atom. The van der Waals surface area contributed by atoms with Gasteiger partial charge in [-0.2, -0.15) is 10.2 Å². The number of amides is 1. The van der Waals surface area contributed by atoms with Crippen molar-refractivity contribution in [2.45, 2.75) is 51.4 Å². The summed E-state index contributed by atoms with van der Waals surface area (Å²) in [4.78, 5) is 18.7. The van der Waals surface area contributed by atoms with Crippen LogP contribution in [0.4, 0.5) is 4.79 Å². The Labute approximate surface area is 181 Å². The van der Waals surface area contributed by atoms with Crippen molar-refractivity contribution in [1.29, 1.82) is 0 Å². The summed E-state index contributed by atoms with van der Waals surface area (Å²) in [5.41, 5.74) is 2.70. The van der Waals surface area contributed by atoms with Crippen LogP contribution in [0.5, 0.6) is 5.88 Å². The minimum atomic E-state index is -0.518. The van der Waals surface area contributed by atoms with Gasteiger partial charge in [0.2, 0.25) is 5.88 Å². The molecule has 9 nitrogen and oxygen atoms in total. The number of rotatable bonds is 5. The van der Waals surface area contributed by atoms with Gasteiger partial charge < -0.3 is 14.4 Å². The second-order valence-electron chi connectivity index (χ2n) is 8.89. The highest BCUT2D eigenvalue weighted by molar-refractivity contribution is 5.74. The number of aromatic nitrogens is 5. The van der Waals surface area contributed by atoms with Crippen LogP contribution in [0.3, 0.4) is 0 Å². The molecule has 4 rings (SSSR count). The third-order valence-corrected chi connectivity index (χ3v) is 5.29. The van der Waals surface area contributed by atoms with E-state index in [2.05, 4.69) is 16.8 Å². The molecule has 0 atom stereocenters. The molecular weight excluding hydrogens is 396 g/mol. The molecule has 3 aromatic rings. The van der Waals surface area contributed by atoms with Crippen molar-refractivity contribution in [3.8, 4) is 17.1 Å². The minimum absolute atomic E-state index is 0.0529. The normalized spacial score (nSPS) is 18.5. The molecule has 0 radical (unpaired) electrons. The summed E-state index contributed by atoms with van der Waals surface area (Å²) in [7, 11) is 3.63. The van der Waals surface area contributed by atoms with E-state index in [4.69, 9.17) is 14.5 Å². The third-order valence-electron chi connectivity index (χ3n) is 5.29. The smallest absolute Gasteiger partial charge is 0.410 e. The van der Waals surface area contributed by atoms with E-state index in [9.17, 15) is 4.79 Å². The molecule has 0 N–H and O–H groups in total. The van der Waals surface area contributed by atoms with Gasteiger partial charge in [0.25, 0.3) is 0 Å². The molecule has 164 valence electrons. The lowest BCUT2D eigenvalue weighted by atomic mass is 9.88. The molecule has 3 aromatic heterocycles. The molecule has 1 aliphatic rings. The van der Waals surface area contributed by atoms with Gasteiger partial charge in [-0.15, -0.1) is 0 Å². The highest BCUT2D eigenvalue weighted by Crippen LogP contribution is 2.33. The van der Waals surface area contributed by atoms with Crippen LogP contribution >= 0.6 is 0 Å². The zero-order chi connectivity index (χ0) is 22.3. The van der Waals surface area contributed by atoms with E-state index in [-0.39, 0.29) is 18.2 Å². The molecule has 1 amide bonds. The number of fused-ring (bicyclic) bond motifs is 1. The predicted octanol–water partition coefficient (Wildman–Crippen LogP) is 3.55. The van der Waals surface area contributed by atoms with Crippen LogP contribution in [0, 0.1) is 0 Å². The van der Waals surface area contributed by atoms with Crippen LogP contribution in [0.2, 0.25) is 0 Å². The van der Waals surface area contributed by atoms with Crippen LogP contribution in [0.1, 0.15) is 39.2 Å². The van der Waals surface area contributed by atoms with Crippen molar-refractivity contribution < 1.29 is 14.3 Å². The minimum Gasteiger partial charge on any atom is -0.473 e. The Hall–Kier alpha value is -3.36. The molecule has 31 heavy (non-hydrogen) atoms. The van der Waals surface area contributed by atoms with Crippen molar-refractivity contribution in [2.75, 3.05) is 7.05 Å². The molecule has 0 aromatic carbocycles. The second kappa shape index (κ2) is 7.72. The molecule has 0 aliphatic heterocycles. The van der Waals surface area contributed by atoms with Crippen molar-refractivity contribution in [1.82, 2.24) is 29.3 Å². The number of hydrogen-bond donors (Lipinski definition) is 0. The molecule has 1 aliphatic carbocycles. The Bertz CT molecular complexity index is 1120. The number of aryl methyl sites for hydroxylation is 1. The lowest BCUT2D eigenvalue weighted by Gasteiger charge is -2.40. The van der Waals surface area contributed by atoms with E-state index in [1.165, 1.54) is 0 Å². The number of carbonyl (C=O) groups is 1. The average Bonchev–Trinajstić information content (AvgIpc) is 3.28. The first-order valence-electron chi connectivity index (χ1n) is 10.3. The van der Waals surface area contributed by atoms with Crippen molar-refractivity contribution in [3.63, 3.8) is 0 Å². The number of carbonyl (C=O) groups excluding carboxylic acids is 1. The van der Waals surface area contributed by atoms with Gasteiger partial charge in [0, 0.05) is 50.3 Å². The summed E-state index contributed by atoms with van der Waals surface area (Å²) in [6.45, 7) is 9.45. The van der Waals surface area contributed by atoms with Gasteiger partial charge in [0.05, 0.1) is 24.3 Å². The SMILES string of the molecule is C=Cc1cnn2cc(-c3cnn(C)c3)nc(O[C@H]3C[C@H](N(C)C(=O)OC(C)(C)C)C3)c12. The number of ether oxygens (including phenoxy) is 2. The van der Waals surface area contributed by atoms with E-state index in [0.717, 1.165) is 22.3 Å². The Balaban J connectivity index is 1.53. The van der Waals surface area contributed by atoms with E-state index >= 15 is 0 Å². The Morgan fingerprint density at radius 1 is 1.26 bits per heavy atom. The average molecular weight is 425 g/mol. The predicted molar refractivity (Wildman–Crippen MR) is 117 cm³/mol. The molecule has 9 heteroatoms. The Kier molecular flexibility index (Phi) is 5.20. The fraction of sp³-hybridized carbons (Fsp3) is 0.455. The molecular formula is C22H28N6O3. The van der Waals surface area contributed by atoms with E-state index in [1.807, 2.05) is 40.2 Å². The lowest BCUT2D eigenvalue weighted by Crippen LogP contribution is -2.51. The van der Waals surface area contributed by atoms with Gasteiger partial charge in [-0.05, 0) is 20.8 Å². The summed E-state index contributed by atoms with van der Waals surface area (Å²) in [6.07, 6.45) is 10.0. The topological polar surface area (TPSA) is 86.8 Å². The standard InChI is InChI=1S/C22H28N6O3/c1-7-14-10-24-28-13-18(15-11-23-26(5)12-15)25-20(19(14)28)30-17-8-16(9-17)27(6)21(29)31-22(2,3)4/h7,10-13,16-17H,1,8-9H2,2-6H3/t16-,17-. The molecule has 0 unspecified atom stereocenters. The number of hydrogen-bond acceptors (Lipinski definition) is 6. The maximum atomic E-state index is 12.3. The first-order valence-corrected chi connectivity index (χ1v) is 10.3. The first kappa shape index (κ1) is 20.9. The molecule has 1 fully saturated rings. The molecule has 1 saturated carbocycles. The van der Waals surface area contributed by atoms with Crippen molar-refractivity contribution in [3.05, 3.63) is 36.9 Å². The summed E-state index contributed by atoms with van der Waals surface area (Å²) < 4.78 is 15.2. The largest absolute Gasteiger partial charge is 0.473 e.